The summed E-state index contributed by atoms with van der Waals surface area (Å²) in [6.45, 7) is 3.39. The first-order valence-corrected chi connectivity index (χ1v) is 8.39. The highest BCUT2D eigenvalue weighted by Crippen LogP contribution is 2.33. The largest absolute Gasteiger partial charge is 0.458 e. The van der Waals surface area contributed by atoms with E-state index in [4.69, 9.17) is 9.15 Å². The van der Waals surface area contributed by atoms with Crippen LogP contribution in [0.2, 0.25) is 0 Å². The maximum absolute atomic E-state index is 12.4. The van der Waals surface area contributed by atoms with Gasteiger partial charge in [0, 0.05) is 16.3 Å². The molecule has 0 aliphatic heterocycles. The molecule has 26 heavy (non-hydrogen) atoms. The lowest BCUT2D eigenvalue weighted by Gasteiger charge is -2.09. The number of para-hydroxylation sites is 1. The third kappa shape index (κ3) is 2.74. The number of ether oxygens (including phenoxy) is 1. The summed E-state index contributed by atoms with van der Waals surface area (Å²) < 4.78 is 11.0. The van der Waals surface area contributed by atoms with Crippen molar-refractivity contribution in [2.24, 2.45) is 0 Å². The van der Waals surface area contributed by atoms with Crippen molar-refractivity contribution in [3.05, 3.63) is 53.9 Å². The lowest BCUT2D eigenvalue weighted by atomic mass is 10.1. The Balaban J connectivity index is 1.99. The molecule has 0 saturated carbocycles. The number of rotatable bonds is 4. The summed E-state index contributed by atoms with van der Waals surface area (Å²) in [4.78, 5) is 20.3. The Morgan fingerprint density at radius 2 is 2.04 bits per heavy atom. The number of fused-ring (bicyclic) bond motifs is 3. The number of pyridine rings is 1. The van der Waals surface area contributed by atoms with Gasteiger partial charge in [-0.3, -0.25) is 0 Å². The van der Waals surface area contributed by atoms with Crippen LogP contribution in [0.5, 0.6) is 0 Å². The second-order valence-corrected chi connectivity index (χ2v) is 6.33. The van der Waals surface area contributed by atoms with E-state index in [-0.39, 0.29) is 18.4 Å². The van der Waals surface area contributed by atoms with Crippen LogP contribution in [0, 0.1) is 0 Å². The number of carbonyl (C=O) groups excluding carboxylic acids is 1. The molecule has 6 heteroatoms. The summed E-state index contributed by atoms with van der Waals surface area (Å²) >= 11 is 0. The van der Waals surface area contributed by atoms with Gasteiger partial charge in [-0.1, -0.05) is 18.2 Å². The maximum Gasteiger partial charge on any atom is 0.357 e. The highest BCUT2D eigenvalue weighted by molar-refractivity contribution is 6.12. The molecule has 0 atom stereocenters. The Kier molecular flexibility index (Phi) is 3.97. The predicted molar refractivity (Wildman–Crippen MR) is 97.8 cm³/mol. The molecule has 0 unspecified atom stereocenters. The van der Waals surface area contributed by atoms with Crippen molar-refractivity contribution in [1.82, 2.24) is 9.97 Å². The van der Waals surface area contributed by atoms with Crippen LogP contribution in [0.3, 0.4) is 0 Å². The Hall–Kier alpha value is -3.12. The smallest absolute Gasteiger partial charge is 0.357 e. The fourth-order valence-electron chi connectivity index (χ4n) is 2.99. The van der Waals surface area contributed by atoms with Crippen molar-refractivity contribution in [3.8, 4) is 11.5 Å². The second-order valence-electron chi connectivity index (χ2n) is 6.33. The topological polar surface area (TPSA) is 88.4 Å². The Morgan fingerprint density at radius 1 is 1.23 bits per heavy atom. The standard InChI is InChI=1S/C20H18N2O4/c1-11(2)25-20(24)16-9-14-13-5-3-4-6-15(13)21-18(14)19(22-16)17-8-7-12(10-23)26-17/h3-9,11,21,23H,10H2,1-2H3. The molecule has 3 aromatic heterocycles. The minimum Gasteiger partial charge on any atom is -0.458 e. The van der Waals surface area contributed by atoms with E-state index in [1.165, 1.54) is 0 Å². The van der Waals surface area contributed by atoms with E-state index in [1.54, 1.807) is 32.0 Å². The van der Waals surface area contributed by atoms with Gasteiger partial charge < -0.3 is 19.2 Å². The molecule has 0 radical (unpaired) electrons. The molecule has 4 aromatic rings. The van der Waals surface area contributed by atoms with Crippen LogP contribution in [0.25, 0.3) is 33.3 Å². The zero-order valence-electron chi connectivity index (χ0n) is 14.4. The molecular weight excluding hydrogens is 332 g/mol. The number of aliphatic hydroxyl groups excluding tert-OH is 1. The van der Waals surface area contributed by atoms with Gasteiger partial charge in [0.05, 0.1) is 11.6 Å². The second kappa shape index (κ2) is 6.31. The third-order valence-corrected chi connectivity index (χ3v) is 4.10. The van der Waals surface area contributed by atoms with Crippen molar-refractivity contribution in [3.63, 3.8) is 0 Å². The molecule has 0 amide bonds. The van der Waals surface area contributed by atoms with Crippen molar-refractivity contribution < 1.29 is 19.1 Å². The Morgan fingerprint density at radius 3 is 2.77 bits per heavy atom. The van der Waals surface area contributed by atoms with Gasteiger partial charge in [0.15, 0.2) is 5.76 Å². The lowest BCUT2D eigenvalue weighted by molar-refractivity contribution is 0.0371. The number of H-pyrrole nitrogens is 1. The molecule has 6 nitrogen and oxygen atoms in total. The van der Waals surface area contributed by atoms with Gasteiger partial charge in [-0.2, -0.15) is 0 Å². The number of aromatic nitrogens is 2. The monoisotopic (exact) mass is 350 g/mol. The van der Waals surface area contributed by atoms with E-state index in [9.17, 15) is 9.90 Å². The molecule has 0 fully saturated rings. The third-order valence-electron chi connectivity index (χ3n) is 4.10. The number of benzene rings is 1. The molecule has 1 aromatic carbocycles. The van der Waals surface area contributed by atoms with Gasteiger partial charge in [-0.25, -0.2) is 9.78 Å². The number of hydrogen-bond donors (Lipinski definition) is 2. The Labute approximate surface area is 149 Å². The number of nitrogens with one attached hydrogen (secondary N) is 1. The molecule has 132 valence electrons. The van der Waals surface area contributed by atoms with Crippen LogP contribution >= 0.6 is 0 Å². The lowest BCUT2D eigenvalue weighted by Crippen LogP contribution is -2.13. The Bertz CT molecular complexity index is 1110. The molecule has 0 bridgehead atoms. The number of furan rings is 1. The van der Waals surface area contributed by atoms with Crippen molar-refractivity contribution in [2.75, 3.05) is 0 Å². The zero-order valence-corrected chi connectivity index (χ0v) is 14.4. The number of nitrogens with zero attached hydrogens (tertiary/aromatic N) is 1. The van der Waals surface area contributed by atoms with Crippen LogP contribution in [-0.2, 0) is 11.3 Å². The number of carbonyl (C=O) groups is 1. The number of hydrogen-bond acceptors (Lipinski definition) is 5. The average Bonchev–Trinajstić information content (AvgIpc) is 3.24. The number of aromatic amines is 1. The first kappa shape index (κ1) is 16.4. The van der Waals surface area contributed by atoms with Gasteiger partial charge >= 0.3 is 5.97 Å². The fourth-order valence-corrected chi connectivity index (χ4v) is 2.99. The predicted octanol–water partition coefficient (Wildman–Crippen LogP) is 4.03. The van der Waals surface area contributed by atoms with E-state index in [2.05, 4.69) is 9.97 Å². The molecular formula is C20H18N2O4. The first-order chi connectivity index (χ1) is 12.6. The molecule has 4 rings (SSSR count). The molecule has 0 spiro atoms. The zero-order chi connectivity index (χ0) is 18.3. The summed E-state index contributed by atoms with van der Waals surface area (Å²) in [7, 11) is 0. The minimum atomic E-state index is -0.484. The molecule has 0 aliphatic rings. The summed E-state index contributed by atoms with van der Waals surface area (Å²) in [5.74, 6) is 0.424. The van der Waals surface area contributed by atoms with Crippen molar-refractivity contribution in [1.29, 1.82) is 0 Å². The SMILES string of the molecule is CC(C)OC(=O)c1cc2c([nH]c3ccccc32)c(-c2ccc(CO)o2)n1. The van der Waals surface area contributed by atoms with E-state index in [0.29, 0.717) is 17.2 Å². The summed E-state index contributed by atoms with van der Waals surface area (Å²) in [6.07, 6.45) is -0.240. The van der Waals surface area contributed by atoms with E-state index in [0.717, 1.165) is 21.8 Å². The van der Waals surface area contributed by atoms with Gasteiger partial charge in [-0.05, 0) is 38.1 Å². The maximum atomic E-state index is 12.4. The van der Waals surface area contributed by atoms with Crippen molar-refractivity contribution >= 4 is 27.8 Å². The summed E-state index contributed by atoms with van der Waals surface area (Å²) in [5.41, 5.74) is 2.43. The van der Waals surface area contributed by atoms with Gasteiger partial charge in [0.1, 0.15) is 23.8 Å². The number of aliphatic hydroxyl groups is 1. The van der Waals surface area contributed by atoms with Crippen LogP contribution in [0.15, 0.2) is 46.9 Å². The van der Waals surface area contributed by atoms with E-state index < -0.39 is 5.97 Å². The van der Waals surface area contributed by atoms with Crippen LogP contribution < -0.4 is 0 Å². The number of esters is 1. The van der Waals surface area contributed by atoms with E-state index >= 15 is 0 Å². The van der Waals surface area contributed by atoms with Crippen LogP contribution in [-0.4, -0.2) is 27.1 Å². The minimum absolute atomic E-state index is 0.203. The average molecular weight is 350 g/mol. The molecule has 0 saturated heterocycles. The molecule has 0 aliphatic carbocycles. The van der Waals surface area contributed by atoms with Gasteiger partial charge in [-0.15, -0.1) is 0 Å². The fraction of sp³-hybridized carbons (Fsp3) is 0.200. The first-order valence-electron chi connectivity index (χ1n) is 8.39. The molecule has 2 N–H and O–H groups in total. The quantitative estimate of drug-likeness (QED) is 0.542. The van der Waals surface area contributed by atoms with Crippen LogP contribution in [0.1, 0.15) is 30.1 Å². The summed E-state index contributed by atoms with van der Waals surface area (Å²) in [6, 6.07) is 13.0. The van der Waals surface area contributed by atoms with Gasteiger partial charge in [0.2, 0.25) is 0 Å². The van der Waals surface area contributed by atoms with Gasteiger partial charge in [0.25, 0.3) is 0 Å². The van der Waals surface area contributed by atoms with Crippen molar-refractivity contribution in [2.45, 2.75) is 26.6 Å². The van der Waals surface area contributed by atoms with E-state index in [1.807, 2.05) is 24.3 Å². The highest BCUT2D eigenvalue weighted by Gasteiger charge is 2.20. The highest BCUT2D eigenvalue weighted by atomic mass is 16.5. The molecule has 3 heterocycles. The normalized spacial score (nSPS) is 11.5. The summed E-state index contributed by atoms with van der Waals surface area (Å²) in [5, 5.41) is 11.1. The van der Waals surface area contributed by atoms with Crippen LogP contribution in [0.4, 0.5) is 0 Å².